The number of imide groups is 1. The summed E-state index contributed by atoms with van der Waals surface area (Å²) >= 11 is 0. The van der Waals surface area contributed by atoms with Crippen molar-refractivity contribution in [3.63, 3.8) is 0 Å². The fourth-order valence-electron chi connectivity index (χ4n) is 3.40. The zero-order valence-corrected chi connectivity index (χ0v) is 13.5. The molecular formula is C17H22N2O3. The zero-order chi connectivity index (χ0) is 16.1. The highest BCUT2D eigenvalue weighted by Gasteiger charge is 2.42. The van der Waals surface area contributed by atoms with Crippen molar-refractivity contribution in [3.8, 4) is 0 Å². The van der Waals surface area contributed by atoms with Crippen LogP contribution >= 0.6 is 0 Å². The van der Waals surface area contributed by atoms with Gasteiger partial charge in [-0.3, -0.25) is 19.3 Å². The van der Waals surface area contributed by atoms with Gasteiger partial charge in [-0.25, -0.2) is 0 Å². The number of hydrogen-bond acceptors (Lipinski definition) is 4. The van der Waals surface area contributed by atoms with Crippen LogP contribution in [0, 0.1) is 0 Å². The fraction of sp³-hybridized carbons (Fsp3) is 0.529. The lowest BCUT2D eigenvalue weighted by atomic mass is 10.1. The Hall–Kier alpha value is -1.72. The molecule has 0 N–H and O–H groups in total. The molecule has 1 fully saturated rings. The van der Waals surface area contributed by atoms with Crippen LogP contribution in [0.2, 0.25) is 0 Å². The summed E-state index contributed by atoms with van der Waals surface area (Å²) < 4.78 is 0. The number of benzene rings is 1. The van der Waals surface area contributed by atoms with Gasteiger partial charge in [0.15, 0.2) is 0 Å². The first-order chi connectivity index (χ1) is 10.3. The van der Waals surface area contributed by atoms with Crippen molar-refractivity contribution in [2.75, 3.05) is 6.54 Å². The van der Waals surface area contributed by atoms with Crippen LogP contribution in [0.5, 0.6) is 0 Å². The number of fused-ring (bicyclic) bond motifs is 1. The molecule has 3 rings (SSSR count). The summed E-state index contributed by atoms with van der Waals surface area (Å²) in [5.41, 5.74) is 0.886. The monoisotopic (exact) mass is 302 g/mol. The van der Waals surface area contributed by atoms with Crippen LogP contribution in [0.25, 0.3) is 0 Å². The van der Waals surface area contributed by atoms with Gasteiger partial charge >= 0.3 is 0 Å². The molecule has 22 heavy (non-hydrogen) atoms. The molecule has 2 aliphatic rings. The molecule has 0 aromatic heterocycles. The molecule has 0 spiro atoms. The maximum atomic E-state index is 12.3. The van der Waals surface area contributed by atoms with Crippen LogP contribution in [-0.2, 0) is 4.84 Å². The van der Waals surface area contributed by atoms with E-state index in [1.165, 1.54) is 0 Å². The molecule has 2 atom stereocenters. The van der Waals surface area contributed by atoms with Gasteiger partial charge in [0.2, 0.25) is 0 Å². The lowest BCUT2D eigenvalue weighted by Gasteiger charge is -2.35. The van der Waals surface area contributed by atoms with E-state index in [0.717, 1.165) is 18.0 Å². The second-order valence-corrected chi connectivity index (χ2v) is 7.09. The summed E-state index contributed by atoms with van der Waals surface area (Å²) in [5, 5.41) is 0.939. The van der Waals surface area contributed by atoms with Gasteiger partial charge in [-0.15, -0.1) is 5.06 Å². The van der Waals surface area contributed by atoms with E-state index in [2.05, 4.69) is 32.6 Å². The highest BCUT2D eigenvalue weighted by Crippen LogP contribution is 2.30. The third-order valence-electron chi connectivity index (χ3n) is 4.41. The van der Waals surface area contributed by atoms with E-state index in [1.807, 2.05) is 0 Å². The highest BCUT2D eigenvalue weighted by molar-refractivity contribution is 6.20. The second kappa shape index (κ2) is 5.18. The molecule has 1 saturated heterocycles. The number of rotatable bonds is 2. The predicted molar refractivity (Wildman–Crippen MR) is 82.4 cm³/mol. The molecule has 5 heteroatoms. The third-order valence-corrected chi connectivity index (χ3v) is 4.41. The Morgan fingerprint density at radius 1 is 1.09 bits per heavy atom. The first-order valence-electron chi connectivity index (χ1n) is 7.70. The summed E-state index contributed by atoms with van der Waals surface area (Å²) in [5.74, 6) is -0.718. The molecule has 2 amide bonds. The Morgan fingerprint density at radius 3 is 2.09 bits per heavy atom. The molecule has 0 aliphatic carbocycles. The molecule has 2 heterocycles. The van der Waals surface area contributed by atoms with E-state index in [4.69, 9.17) is 4.84 Å². The van der Waals surface area contributed by atoms with Gasteiger partial charge in [0.1, 0.15) is 6.10 Å². The van der Waals surface area contributed by atoms with Gasteiger partial charge < -0.3 is 0 Å². The summed E-state index contributed by atoms with van der Waals surface area (Å²) in [6, 6.07) is 7.20. The molecule has 2 aliphatic heterocycles. The summed E-state index contributed by atoms with van der Waals surface area (Å²) in [4.78, 5) is 32.8. The normalized spacial score (nSPS) is 25.9. The second-order valence-electron chi connectivity index (χ2n) is 7.09. The molecule has 0 saturated carbocycles. The van der Waals surface area contributed by atoms with E-state index < -0.39 is 0 Å². The van der Waals surface area contributed by atoms with E-state index in [0.29, 0.717) is 17.2 Å². The summed E-state index contributed by atoms with van der Waals surface area (Å²) in [6.45, 7) is 9.35. The van der Waals surface area contributed by atoms with Crippen LogP contribution < -0.4 is 0 Å². The minimum absolute atomic E-state index is 0.0412. The average molecular weight is 302 g/mol. The van der Waals surface area contributed by atoms with Gasteiger partial charge in [0.25, 0.3) is 11.8 Å². The van der Waals surface area contributed by atoms with Gasteiger partial charge in [-0.1, -0.05) is 12.1 Å². The topological polar surface area (TPSA) is 49.9 Å². The van der Waals surface area contributed by atoms with Crippen molar-refractivity contribution in [1.29, 1.82) is 0 Å². The maximum Gasteiger partial charge on any atom is 0.285 e. The number of amides is 2. The zero-order valence-electron chi connectivity index (χ0n) is 13.5. The van der Waals surface area contributed by atoms with E-state index >= 15 is 0 Å². The van der Waals surface area contributed by atoms with Crippen molar-refractivity contribution in [3.05, 3.63) is 35.4 Å². The Morgan fingerprint density at radius 2 is 1.64 bits per heavy atom. The molecule has 5 nitrogen and oxygen atoms in total. The molecule has 0 unspecified atom stereocenters. The Labute approximate surface area is 130 Å². The molecule has 0 radical (unpaired) electrons. The number of carbonyl (C=O) groups is 2. The third kappa shape index (κ3) is 2.44. The van der Waals surface area contributed by atoms with Crippen molar-refractivity contribution in [2.45, 2.75) is 51.8 Å². The Balaban J connectivity index is 1.74. The molecule has 1 aromatic rings. The smallest absolute Gasteiger partial charge is 0.285 e. The van der Waals surface area contributed by atoms with Crippen molar-refractivity contribution in [1.82, 2.24) is 9.96 Å². The highest BCUT2D eigenvalue weighted by atomic mass is 16.7. The van der Waals surface area contributed by atoms with E-state index in [1.54, 1.807) is 24.3 Å². The number of hydroxylamine groups is 2. The lowest BCUT2D eigenvalue weighted by Crippen LogP contribution is -2.44. The van der Waals surface area contributed by atoms with Crippen LogP contribution in [0.4, 0.5) is 0 Å². The Kier molecular flexibility index (Phi) is 3.57. The van der Waals surface area contributed by atoms with Crippen LogP contribution in [0.1, 0.15) is 54.8 Å². The number of carbonyl (C=O) groups excluding carboxylic acids is 2. The molecule has 118 valence electrons. The van der Waals surface area contributed by atoms with Crippen molar-refractivity contribution >= 4 is 11.8 Å². The minimum atomic E-state index is -0.359. The number of nitrogens with zero attached hydrogens (tertiary/aromatic N) is 2. The van der Waals surface area contributed by atoms with Gasteiger partial charge in [-0.05, 0) is 46.2 Å². The summed E-state index contributed by atoms with van der Waals surface area (Å²) in [6.07, 6.45) is 0.668. The van der Waals surface area contributed by atoms with Gasteiger partial charge in [0.05, 0.1) is 11.1 Å². The number of likely N-dealkylation sites (tertiary alicyclic amines) is 1. The maximum absolute atomic E-state index is 12.3. The number of hydrogen-bond donors (Lipinski definition) is 0. The van der Waals surface area contributed by atoms with Crippen LogP contribution in [-0.4, -0.2) is 46.0 Å². The largest absolute Gasteiger partial charge is 0.293 e. The minimum Gasteiger partial charge on any atom is -0.293 e. The van der Waals surface area contributed by atoms with Crippen LogP contribution in [0.15, 0.2) is 24.3 Å². The van der Waals surface area contributed by atoms with Gasteiger partial charge in [-0.2, -0.15) is 0 Å². The van der Waals surface area contributed by atoms with E-state index in [-0.39, 0.29) is 23.5 Å². The molecular weight excluding hydrogens is 280 g/mol. The lowest BCUT2D eigenvalue weighted by molar-refractivity contribution is -0.128. The first-order valence-corrected chi connectivity index (χ1v) is 7.70. The van der Waals surface area contributed by atoms with Crippen LogP contribution in [0.3, 0.4) is 0 Å². The predicted octanol–water partition coefficient (Wildman–Crippen LogP) is 2.48. The quantitative estimate of drug-likeness (QED) is 0.788. The van der Waals surface area contributed by atoms with E-state index in [9.17, 15) is 9.59 Å². The standard InChI is InChI=1S/C17H22N2O3/c1-11-9-12(10-18(11)17(2,3)4)22-19-15(20)13-7-5-6-8-14(13)16(19)21/h5-8,11-12H,9-10H2,1-4H3/t11-,12+/m0/s1. The average Bonchev–Trinajstić information content (AvgIpc) is 2.93. The summed E-state index contributed by atoms with van der Waals surface area (Å²) in [7, 11) is 0. The van der Waals surface area contributed by atoms with Crippen molar-refractivity contribution < 1.29 is 14.4 Å². The molecule has 1 aromatic carbocycles. The van der Waals surface area contributed by atoms with Crippen molar-refractivity contribution in [2.24, 2.45) is 0 Å². The Bertz CT molecular complexity index is 586. The molecule has 0 bridgehead atoms. The fourth-order valence-corrected chi connectivity index (χ4v) is 3.40. The van der Waals surface area contributed by atoms with Gasteiger partial charge in [0, 0.05) is 18.1 Å². The SMILES string of the molecule is C[C@H]1C[C@@H](ON2C(=O)c3ccccc3C2=O)CN1C(C)(C)C. The first kappa shape index (κ1) is 15.2.